The third-order valence-electron chi connectivity index (χ3n) is 5.51. The minimum Gasteiger partial charge on any atom is -0.480 e. The molecule has 4 N–H and O–H groups in total. The number of para-hydroxylation sites is 1. The Bertz CT molecular complexity index is 817. The summed E-state index contributed by atoms with van der Waals surface area (Å²) in [7, 11) is 0. The molecule has 7 nitrogen and oxygen atoms in total. The quantitative estimate of drug-likeness (QED) is 0.625. The number of fused-ring (bicyclic) bond motifs is 1. The zero-order valence-electron chi connectivity index (χ0n) is 15.4. The summed E-state index contributed by atoms with van der Waals surface area (Å²) < 4.78 is 0. The fourth-order valence-corrected chi connectivity index (χ4v) is 3.73. The SMILES string of the molecule is CCC1CCC(NC(=O)CNC(=O)c2cc3ccccc3[nH]2)(C(=O)O)CC1. The van der Waals surface area contributed by atoms with Crippen molar-refractivity contribution in [1.29, 1.82) is 0 Å². The van der Waals surface area contributed by atoms with E-state index < -0.39 is 23.3 Å². The Labute approximate surface area is 157 Å². The van der Waals surface area contributed by atoms with Crippen molar-refractivity contribution < 1.29 is 19.5 Å². The Morgan fingerprint density at radius 3 is 2.56 bits per heavy atom. The van der Waals surface area contributed by atoms with Crippen LogP contribution in [-0.4, -0.2) is 40.0 Å². The number of H-pyrrole nitrogens is 1. The molecule has 2 amide bonds. The summed E-state index contributed by atoms with van der Waals surface area (Å²) in [4.78, 5) is 39.3. The summed E-state index contributed by atoms with van der Waals surface area (Å²) in [6.07, 6.45) is 3.42. The lowest BCUT2D eigenvalue weighted by Gasteiger charge is -2.37. The second-order valence-corrected chi connectivity index (χ2v) is 7.24. The van der Waals surface area contributed by atoms with Crippen LogP contribution >= 0.6 is 0 Å². The van der Waals surface area contributed by atoms with Gasteiger partial charge >= 0.3 is 5.97 Å². The predicted octanol–water partition coefficient (Wildman–Crippen LogP) is 2.44. The average Bonchev–Trinajstić information content (AvgIpc) is 3.11. The van der Waals surface area contributed by atoms with Crippen molar-refractivity contribution in [1.82, 2.24) is 15.6 Å². The van der Waals surface area contributed by atoms with Crippen LogP contribution in [0.4, 0.5) is 0 Å². The summed E-state index contributed by atoms with van der Waals surface area (Å²) in [5.41, 5.74) is -0.0285. The minimum absolute atomic E-state index is 0.263. The molecule has 1 aliphatic carbocycles. The minimum atomic E-state index is -1.23. The molecule has 3 rings (SSSR count). The van der Waals surface area contributed by atoms with Gasteiger partial charge < -0.3 is 20.7 Å². The molecule has 0 bridgehead atoms. The number of carboxylic acid groups (broad SMARTS) is 1. The second kappa shape index (κ2) is 7.82. The number of nitrogens with one attached hydrogen (secondary N) is 3. The zero-order valence-corrected chi connectivity index (χ0v) is 15.4. The number of carbonyl (C=O) groups is 3. The van der Waals surface area contributed by atoms with Gasteiger partial charge in [0, 0.05) is 10.9 Å². The van der Waals surface area contributed by atoms with E-state index in [2.05, 4.69) is 22.5 Å². The lowest BCUT2D eigenvalue weighted by molar-refractivity contribution is -0.149. The third kappa shape index (κ3) is 4.13. The van der Waals surface area contributed by atoms with Crippen LogP contribution in [0.2, 0.25) is 0 Å². The second-order valence-electron chi connectivity index (χ2n) is 7.24. The third-order valence-corrected chi connectivity index (χ3v) is 5.51. The lowest BCUT2D eigenvalue weighted by atomic mass is 9.75. The first-order chi connectivity index (χ1) is 12.9. The number of aliphatic carboxylic acids is 1. The highest BCUT2D eigenvalue weighted by molar-refractivity contribution is 5.99. The molecule has 1 aromatic carbocycles. The molecule has 144 valence electrons. The molecule has 0 saturated heterocycles. The van der Waals surface area contributed by atoms with Crippen molar-refractivity contribution in [3.05, 3.63) is 36.0 Å². The van der Waals surface area contributed by atoms with Crippen molar-refractivity contribution in [2.45, 2.75) is 44.6 Å². The molecule has 1 aromatic heterocycles. The fourth-order valence-electron chi connectivity index (χ4n) is 3.73. The van der Waals surface area contributed by atoms with Crippen molar-refractivity contribution in [2.24, 2.45) is 5.92 Å². The molecule has 2 aromatic rings. The van der Waals surface area contributed by atoms with Gasteiger partial charge in [0.15, 0.2) is 0 Å². The molecular formula is C20H25N3O4. The van der Waals surface area contributed by atoms with Gasteiger partial charge in [-0.1, -0.05) is 31.5 Å². The van der Waals surface area contributed by atoms with Crippen LogP contribution in [0.5, 0.6) is 0 Å². The summed E-state index contributed by atoms with van der Waals surface area (Å²) in [6, 6.07) is 9.21. The van der Waals surface area contributed by atoms with Crippen molar-refractivity contribution in [3.8, 4) is 0 Å². The smallest absolute Gasteiger partial charge is 0.329 e. The molecule has 0 radical (unpaired) electrons. The largest absolute Gasteiger partial charge is 0.480 e. The Kier molecular flexibility index (Phi) is 5.48. The molecular weight excluding hydrogens is 346 g/mol. The first kappa shape index (κ1) is 18.9. The molecule has 1 saturated carbocycles. The van der Waals surface area contributed by atoms with Crippen LogP contribution < -0.4 is 10.6 Å². The van der Waals surface area contributed by atoms with E-state index in [0.717, 1.165) is 30.2 Å². The Hall–Kier alpha value is -2.83. The van der Waals surface area contributed by atoms with Crippen LogP contribution in [0.1, 0.15) is 49.5 Å². The van der Waals surface area contributed by atoms with E-state index in [9.17, 15) is 19.5 Å². The summed E-state index contributed by atoms with van der Waals surface area (Å²) >= 11 is 0. The summed E-state index contributed by atoms with van der Waals surface area (Å²) in [5, 5.41) is 15.7. The van der Waals surface area contributed by atoms with E-state index in [0.29, 0.717) is 24.5 Å². The summed E-state index contributed by atoms with van der Waals surface area (Å²) in [6.45, 7) is 1.83. The summed E-state index contributed by atoms with van der Waals surface area (Å²) in [5.74, 6) is -1.39. The first-order valence-corrected chi connectivity index (χ1v) is 9.34. The number of amides is 2. The van der Waals surface area contributed by atoms with Crippen LogP contribution in [0.25, 0.3) is 10.9 Å². The number of aromatic nitrogens is 1. The highest BCUT2D eigenvalue weighted by Crippen LogP contribution is 2.34. The molecule has 27 heavy (non-hydrogen) atoms. The molecule has 1 fully saturated rings. The average molecular weight is 371 g/mol. The van der Waals surface area contributed by atoms with E-state index in [4.69, 9.17) is 0 Å². The number of rotatable bonds is 6. The topological polar surface area (TPSA) is 111 Å². The van der Waals surface area contributed by atoms with Gasteiger partial charge in [-0.15, -0.1) is 0 Å². The number of benzene rings is 1. The molecule has 1 heterocycles. The fraction of sp³-hybridized carbons (Fsp3) is 0.450. The number of carboxylic acids is 1. The number of hydrogen-bond donors (Lipinski definition) is 4. The molecule has 0 aliphatic heterocycles. The first-order valence-electron chi connectivity index (χ1n) is 9.34. The van der Waals surface area contributed by atoms with Crippen molar-refractivity contribution >= 4 is 28.7 Å². The maximum atomic E-state index is 12.3. The van der Waals surface area contributed by atoms with Crippen LogP contribution in [0.3, 0.4) is 0 Å². The Balaban J connectivity index is 1.58. The van der Waals surface area contributed by atoms with Gasteiger partial charge in [-0.05, 0) is 43.7 Å². The molecule has 0 atom stereocenters. The molecule has 1 aliphatic rings. The highest BCUT2D eigenvalue weighted by atomic mass is 16.4. The Morgan fingerprint density at radius 2 is 1.93 bits per heavy atom. The van der Waals surface area contributed by atoms with Gasteiger partial charge in [-0.3, -0.25) is 9.59 Å². The van der Waals surface area contributed by atoms with Crippen molar-refractivity contribution in [2.75, 3.05) is 6.54 Å². The van der Waals surface area contributed by atoms with Gasteiger partial charge in [0.2, 0.25) is 5.91 Å². The number of hydrogen-bond acceptors (Lipinski definition) is 3. The Morgan fingerprint density at radius 1 is 1.22 bits per heavy atom. The van der Waals surface area contributed by atoms with Gasteiger partial charge in [0.05, 0.1) is 6.54 Å². The van der Waals surface area contributed by atoms with Crippen LogP contribution in [-0.2, 0) is 9.59 Å². The number of aromatic amines is 1. The van der Waals surface area contributed by atoms with Crippen LogP contribution in [0, 0.1) is 5.92 Å². The normalized spacial score (nSPS) is 22.3. The standard InChI is InChI=1S/C20H25N3O4/c1-2-13-7-9-20(10-8-13,19(26)27)23-17(24)12-21-18(25)16-11-14-5-3-4-6-15(14)22-16/h3-6,11,13,22H,2,7-10,12H2,1H3,(H,21,25)(H,23,24)(H,26,27). The molecule has 7 heteroatoms. The highest BCUT2D eigenvalue weighted by Gasteiger charge is 2.42. The van der Waals surface area contributed by atoms with E-state index in [1.165, 1.54) is 0 Å². The van der Waals surface area contributed by atoms with Crippen LogP contribution in [0.15, 0.2) is 30.3 Å². The monoisotopic (exact) mass is 371 g/mol. The van der Waals surface area contributed by atoms with Gasteiger partial charge in [0.1, 0.15) is 11.2 Å². The maximum Gasteiger partial charge on any atom is 0.329 e. The van der Waals surface area contributed by atoms with E-state index in [-0.39, 0.29) is 6.54 Å². The van der Waals surface area contributed by atoms with E-state index >= 15 is 0 Å². The predicted molar refractivity (Wildman–Crippen MR) is 101 cm³/mol. The van der Waals surface area contributed by atoms with Gasteiger partial charge in [-0.2, -0.15) is 0 Å². The van der Waals surface area contributed by atoms with Gasteiger partial charge in [0.25, 0.3) is 5.91 Å². The van der Waals surface area contributed by atoms with Gasteiger partial charge in [-0.25, -0.2) is 4.79 Å². The van der Waals surface area contributed by atoms with Crippen molar-refractivity contribution in [3.63, 3.8) is 0 Å². The number of carbonyl (C=O) groups excluding carboxylic acids is 2. The zero-order chi connectivity index (χ0) is 19.4. The maximum absolute atomic E-state index is 12.3. The molecule has 0 unspecified atom stereocenters. The van der Waals surface area contributed by atoms with E-state index in [1.54, 1.807) is 6.07 Å². The van der Waals surface area contributed by atoms with E-state index in [1.807, 2.05) is 24.3 Å². The molecule has 0 spiro atoms. The lowest BCUT2D eigenvalue weighted by Crippen LogP contribution is -2.58.